The predicted molar refractivity (Wildman–Crippen MR) is 71.1 cm³/mol. The number of carbonyl (C=O) groups excluding carboxylic acids is 1. The molecule has 0 saturated heterocycles. The van der Waals surface area contributed by atoms with Gasteiger partial charge in [-0.25, -0.2) is 9.78 Å². The van der Waals surface area contributed by atoms with Gasteiger partial charge in [-0.15, -0.1) is 0 Å². The zero-order valence-corrected chi connectivity index (χ0v) is 11.3. The Bertz CT molecular complexity index is 558. The van der Waals surface area contributed by atoms with E-state index in [0.29, 0.717) is 28.2 Å². The number of esters is 1. The molecule has 2 rings (SSSR count). The Morgan fingerprint density at radius 3 is 2.83 bits per heavy atom. The van der Waals surface area contributed by atoms with Crippen molar-refractivity contribution in [3.8, 4) is 11.4 Å². The first-order valence-electron chi connectivity index (χ1n) is 5.47. The number of nitrogens with zero attached hydrogens (tertiary/aromatic N) is 2. The van der Waals surface area contributed by atoms with Crippen molar-refractivity contribution in [2.75, 3.05) is 6.61 Å². The zero-order chi connectivity index (χ0) is 13.0. The van der Waals surface area contributed by atoms with Crippen LogP contribution in [0.5, 0.6) is 0 Å². The van der Waals surface area contributed by atoms with Crippen LogP contribution in [0.2, 0.25) is 0 Å². The summed E-state index contributed by atoms with van der Waals surface area (Å²) in [6.45, 7) is 2.12. The normalized spacial score (nSPS) is 10.1. The van der Waals surface area contributed by atoms with E-state index in [1.165, 1.54) is 0 Å². The van der Waals surface area contributed by atoms with Crippen LogP contribution in [0.3, 0.4) is 0 Å². The summed E-state index contributed by atoms with van der Waals surface area (Å²) < 4.78 is 5.54. The van der Waals surface area contributed by atoms with E-state index in [2.05, 4.69) is 25.9 Å². The highest BCUT2D eigenvalue weighted by molar-refractivity contribution is 9.10. The van der Waals surface area contributed by atoms with Gasteiger partial charge in [0.05, 0.1) is 23.6 Å². The van der Waals surface area contributed by atoms with Crippen molar-refractivity contribution in [3.63, 3.8) is 0 Å². The van der Waals surface area contributed by atoms with Crippen molar-refractivity contribution in [1.82, 2.24) is 9.97 Å². The minimum atomic E-state index is -0.363. The molecule has 5 heteroatoms. The molecule has 0 aromatic carbocycles. The second-order valence-electron chi connectivity index (χ2n) is 3.50. The molecule has 0 spiro atoms. The van der Waals surface area contributed by atoms with Crippen LogP contribution in [0.4, 0.5) is 0 Å². The summed E-state index contributed by atoms with van der Waals surface area (Å²) in [4.78, 5) is 20.2. The summed E-state index contributed by atoms with van der Waals surface area (Å²) >= 11 is 3.28. The molecule has 2 aromatic rings. The number of pyridine rings is 2. The predicted octanol–water partition coefficient (Wildman–Crippen LogP) is 3.08. The van der Waals surface area contributed by atoms with Gasteiger partial charge >= 0.3 is 5.97 Å². The average Bonchev–Trinajstić information content (AvgIpc) is 2.39. The molecule has 0 aliphatic carbocycles. The highest BCUT2D eigenvalue weighted by atomic mass is 79.9. The van der Waals surface area contributed by atoms with Crippen LogP contribution in [-0.4, -0.2) is 22.5 Å². The molecule has 0 amide bonds. The maximum absolute atomic E-state index is 11.7. The molecule has 0 aliphatic rings. The summed E-state index contributed by atoms with van der Waals surface area (Å²) in [5.41, 5.74) is 1.80. The van der Waals surface area contributed by atoms with Gasteiger partial charge in [-0.3, -0.25) is 4.98 Å². The average molecular weight is 307 g/mol. The van der Waals surface area contributed by atoms with Crippen LogP contribution in [0.1, 0.15) is 17.3 Å². The first kappa shape index (κ1) is 12.7. The number of aromatic nitrogens is 2. The van der Waals surface area contributed by atoms with Crippen molar-refractivity contribution in [1.29, 1.82) is 0 Å². The molecule has 0 unspecified atom stereocenters. The topological polar surface area (TPSA) is 52.1 Å². The Labute approximate surface area is 113 Å². The third kappa shape index (κ3) is 2.92. The summed E-state index contributed by atoms with van der Waals surface area (Å²) in [5, 5.41) is 0. The third-order valence-corrected chi connectivity index (χ3v) is 2.64. The molecule has 0 N–H and O–H groups in total. The van der Waals surface area contributed by atoms with Crippen molar-refractivity contribution in [2.45, 2.75) is 6.92 Å². The standard InChI is InChI=1S/C13H11BrN2O2/c1-2-18-13(17)9-7-11(16-12(14)8-9)10-5-3-4-6-15-10/h3-8H,2H2,1H3. The summed E-state index contributed by atoms with van der Waals surface area (Å²) in [6.07, 6.45) is 1.68. The van der Waals surface area contributed by atoms with Gasteiger partial charge in [0.15, 0.2) is 0 Å². The van der Waals surface area contributed by atoms with E-state index >= 15 is 0 Å². The SMILES string of the molecule is CCOC(=O)c1cc(Br)nc(-c2ccccn2)c1. The molecule has 92 valence electrons. The van der Waals surface area contributed by atoms with Gasteiger partial charge in [-0.05, 0) is 47.1 Å². The third-order valence-electron chi connectivity index (χ3n) is 2.23. The first-order chi connectivity index (χ1) is 8.70. The smallest absolute Gasteiger partial charge is 0.338 e. The number of halogens is 1. The molecule has 0 radical (unpaired) electrons. The van der Waals surface area contributed by atoms with Gasteiger partial charge in [0.1, 0.15) is 4.60 Å². The summed E-state index contributed by atoms with van der Waals surface area (Å²) in [7, 11) is 0. The van der Waals surface area contributed by atoms with E-state index in [1.807, 2.05) is 18.2 Å². The molecule has 0 atom stereocenters. The van der Waals surface area contributed by atoms with Crippen molar-refractivity contribution >= 4 is 21.9 Å². The summed E-state index contributed by atoms with van der Waals surface area (Å²) in [5.74, 6) is -0.363. The molecular weight excluding hydrogens is 296 g/mol. The van der Waals surface area contributed by atoms with E-state index in [0.717, 1.165) is 0 Å². The molecule has 0 aliphatic heterocycles. The highest BCUT2D eigenvalue weighted by Gasteiger charge is 2.11. The highest BCUT2D eigenvalue weighted by Crippen LogP contribution is 2.20. The maximum atomic E-state index is 11.7. The lowest BCUT2D eigenvalue weighted by molar-refractivity contribution is 0.0526. The molecule has 0 fully saturated rings. The Balaban J connectivity index is 2.41. The van der Waals surface area contributed by atoms with Crippen LogP contribution in [0, 0.1) is 0 Å². The summed E-state index contributed by atoms with van der Waals surface area (Å²) in [6, 6.07) is 8.84. The Morgan fingerprint density at radius 1 is 1.33 bits per heavy atom. The van der Waals surface area contributed by atoms with Gasteiger partial charge in [0.25, 0.3) is 0 Å². The minimum absolute atomic E-state index is 0.345. The number of carbonyl (C=O) groups is 1. The molecular formula is C13H11BrN2O2. The Hall–Kier alpha value is -1.75. The van der Waals surface area contributed by atoms with Gasteiger partial charge in [0, 0.05) is 6.20 Å². The molecule has 2 heterocycles. The van der Waals surface area contributed by atoms with Gasteiger partial charge in [-0.2, -0.15) is 0 Å². The second-order valence-corrected chi connectivity index (χ2v) is 4.31. The Morgan fingerprint density at radius 2 is 2.17 bits per heavy atom. The molecule has 0 saturated carbocycles. The quantitative estimate of drug-likeness (QED) is 0.646. The van der Waals surface area contributed by atoms with E-state index in [4.69, 9.17) is 4.74 Å². The molecule has 0 bridgehead atoms. The molecule has 18 heavy (non-hydrogen) atoms. The van der Waals surface area contributed by atoms with Crippen molar-refractivity contribution < 1.29 is 9.53 Å². The first-order valence-corrected chi connectivity index (χ1v) is 6.26. The van der Waals surface area contributed by atoms with E-state index in [9.17, 15) is 4.79 Å². The van der Waals surface area contributed by atoms with E-state index < -0.39 is 0 Å². The van der Waals surface area contributed by atoms with E-state index in [1.54, 1.807) is 25.3 Å². The van der Waals surface area contributed by atoms with Gasteiger partial charge in [-0.1, -0.05) is 6.07 Å². The van der Waals surface area contributed by atoms with Gasteiger partial charge < -0.3 is 4.74 Å². The number of hydrogen-bond donors (Lipinski definition) is 0. The van der Waals surface area contributed by atoms with Crippen molar-refractivity contribution in [2.24, 2.45) is 0 Å². The fraction of sp³-hybridized carbons (Fsp3) is 0.154. The monoisotopic (exact) mass is 306 g/mol. The maximum Gasteiger partial charge on any atom is 0.338 e. The Kier molecular flexibility index (Phi) is 4.04. The van der Waals surface area contributed by atoms with Crippen LogP contribution in [-0.2, 0) is 4.74 Å². The number of rotatable bonds is 3. The zero-order valence-electron chi connectivity index (χ0n) is 9.76. The van der Waals surface area contributed by atoms with E-state index in [-0.39, 0.29) is 5.97 Å². The van der Waals surface area contributed by atoms with Crippen LogP contribution >= 0.6 is 15.9 Å². The molecule has 2 aromatic heterocycles. The fourth-order valence-corrected chi connectivity index (χ4v) is 1.91. The number of ether oxygens (including phenoxy) is 1. The largest absolute Gasteiger partial charge is 0.462 e. The fourth-order valence-electron chi connectivity index (χ4n) is 1.47. The van der Waals surface area contributed by atoms with Crippen LogP contribution < -0.4 is 0 Å². The van der Waals surface area contributed by atoms with Crippen molar-refractivity contribution in [3.05, 3.63) is 46.7 Å². The second kappa shape index (κ2) is 5.73. The molecule has 4 nitrogen and oxygen atoms in total. The van der Waals surface area contributed by atoms with Crippen LogP contribution in [0.15, 0.2) is 41.1 Å². The lowest BCUT2D eigenvalue weighted by Gasteiger charge is -2.05. The lowest BCUT2D eigenvalue weighted by atomic mass is 10.2. The van der Waals surface area contributed by atoms with Crippen LogP contribution in [0.25, 0.3) is 11.4 Å². The lowest BCUT2D eigenvalue weighted by Crippen LogP contribution is -2.05. The van der Waals surface area contributed by atoms with Gasteiger partial charge in [0.2, 0.25) is 0 Å². The minimum Gasteiger partial charge on any atom is -0.462 e. The number of hydrogen-bond acceptors (Lipinski definition) is 4.